The van der Waals surface area contributed by atoms with Crippen LogP contribution in [0, 0.1) is 6.57 Å². The lowest BCUT2D eigenvalue weighted by molar-refractivity contribution is -0.136. The Hall–Kier alpha value is -7.78. The molecule has 1 atom stereocenters. The Morgan fingerprint density at radius 2 is 1.57 bits per heavy atom. The molecule has 1 saturated carbocycles. The number of ketones is 2. The van der Waals surface area contributed by atoms with Crippen LogP contribution < -0.4 is 20.7 Å². The van der Waals surface area contributed by atoms with Gasteiger partial charge in [0.2, 0.25) is 24.3 Å². The number of hydrogen-bond donors (Lipinski definition) is 4. The number of benzene rings is 2. The minimum absolute atomic E-state index is 0.00818. The van der Waals surface area contributed by atoms with Crippen LogP contribution in [0.2, 0.25) is 0 Å². The standard InChI is InChI=1S/C49H54N12O11/c1-50-28-31-7-11-33(12-8-31)51-49-52-38(27-42(54-49)53-43-26-37(57-58-43)32-9-10-32)40(63)15-13-34-29-60(59-56-34)17-19-69-21-23-71-25-24-70-22-20-68-18-3-4-35(62)30-72-41-6-2-5-36-45(41)48(67)61(47(36)66)39-14-16-44(64)55-46(39)65/h2,5-8,11-12,26-27,29,32,39H,3-4,9-10,13-25,28,30H2,(H,55,64,65)(H3,51,52,53,54,57,58). The van der Waals surface area contributed by atoms with Crippen molar-refractivity contribution in [3.63, 3.8) is 0 Å². The molecular formula is C49H54N12O11. The van der Waals surface area contributed by atoms with Crippen molar-refractivity contribution in [2.24, 2.45) is 0 Å². The molecule has 4 amide bonds. The summed E-state index contributed by atoms with van der Waals surface area (Å²) in [6.07, 6.45) is 5.21. The van der Waals surface area contributed by atoms with Crippen LogP contribution in [0.3, 0.4) is 0 Å². The van der Waals surface area contributed by atoms with E-state index in [-0.39, 0.29) is 78.9 Å². The summed E-state index contributed by atoms with van der Waals surface area (Å²) in [5.41, 5.74) is 3.60. The minimum Gasteiger partial charge on any atom is -0.485 e. The molecule has 0 spiro atoms. The first-order valence-electron chi connectivity index (χ1n) is 23.7. The number of ether oxygens (including phenoxy) is 5. The molecule has 2 aliphatic heterocycles. The van der Waals surface area contributed by atoms with E-state index in [0.29, 0.717) is 101 Å². The number of nitrogens with one attached hydrogen (secondary N) is 4. The highest BCUT2D eigenvalue weighted by atomic mass is 16.6. The third kappa shape index (κ3) is 14.0. The average molecular weight is 987 g/mol. The van der Waals surface area contributed by atoms with Crippen molar-refractivity contribution in [1.82, 2.24) is 45.4 Å². The largest absolute Gasteiger partial charge is 0.485 e. The summed E-state index contributed by atoms with van der Waals surface area (Å²) in [4.78, 5) is 89.5. The molecule has 5 heterocycles. The Bertz CT molecular complexity index is 2780. The molecule has 4 N–H and O–H groups in total. The number of aromatic nitrogens is 7. The summed E-state index contributed by atoms with van der Waals surface area (Å²) >= 11 is 0. The van der Waals surface area contributed by atoms with Crippen LogP contribution in [0.4, 0.5) is 23.3 Å². The summed E-state index contributed by atoms with van der Waals surface area (Å²) in [5.74, 6) is -1.14. The second-order valence-electron chi connectivity index (χ2n) is 17.1. The first-order valence-corrected chi connectivity index (χ1v) is 23.7. The highest BCUT2D eigenvalue weighted by Crippen LogP contribution is 2.40. The van der Waals surface area contributed by atoms with Crippen LogP contribution in [0.1, 0.15) is 99.0 Å². The lowest BCUT2D eigenvalue weighted by Gasteiger charge is -2.27. The smallest absolute Gasteiger partial charge is 0.266 e. The van der Waals surface area contributed by atoms with Crippen LogP contribution in [-0.4, -0.2) is 141 Å². The van der Waals surface area contributed by atoms with E-state index in [9.17, 15) is 28.8 Å². The zero-order valence-electron chi connectivity index (χ0n) is 39.4. The van der Waals surface area contributed by atoms with Gasteiger partial charge in [0.05, 0.1) is 69.6 Å². The quantitative estimate of drug-likeness (QED) is 0.0216. The van der Waals surface area contributed by atoms with Gasteiger partial charge < -0.3 is 39.2 Å². The third-order valence-electron chi connectivity index (χ3n) is 11.7. The second kappa shape index (κ2) is 24.9. The molecule has 23 heteroatoms. The summed E-state index contributed by atoms with van der Waals surface area (Å²) in [5, 5.41) is 24.4. The maximum Gasteiger partial charge on any atom is 0.266 e. The fourth-order valence-electron chi connectivity index (χ4n) is 7.82. The van der Waals surface area contributed by atoms with Crippen molar-refractivity contribution in [3.05, 3.63) is 106 Å². The van der Waals surface area contributed by atoms with Gasteiger partial charge in [-0.1, -0.05) is 11.3 Å². The number of carbonyl (C=O) groups excluding carboxylic acids is 6. The van der Waals surface area contributed by atoms with Crippen molar-refractivity contribution in [3.8, 4) is 5.75 Å². The highest BCUT2D eigenvalue weighted by molar-refractivity contribution is 6.24. The Labute approximate surface area is 413 Å². The van der Waals surface area contributed by atoms with Gasteiger partial charge in [0.15, 0.2) is 17.4 Å². The lowest BCUT2D eigenvalue weighted by Crippen LogP contribution is -2.54. The molecule has 23 nitrogen and oxygen atoms in total. The number of nitrogens with zero attached hydrogens (tertiary/aromatic N) is 8. The van der Waals surface area contributed by atoms with Gasteiger partial charge in [0, 0.05) is 73.5 Å². The van der Waals surface area contributed by atoms with Gasteiger partial charge in [0.1, 0.15) is 29.9 Å². The van der Waals surface area contributed by atoms with E-state index in [1.807, 2.05) is 30.3 Å². The maximum atomic E-state index is 13.5. The van der Waals surface area contributed by atoms with Crippen LogP contribution in [-0.2, 0) is 52.8 Å². The number of rotatable bonds is 30. The number of amides is 4. The molecule has 2 fully saturated rings. The zero-order chi connectivity index (χ0) is 50.2. The normalized spacial score (nSPS) is 15.3. The van der Waals surface area contributed by atoms with Crippen LogP contribution >= 0.6 is 0 Å². The molecule has 0 bridgehead atoms. The van der Waals surface area contributed by atoms with Crippen molar-refractivity contribution in [2.75, 3.05) is 70.1 Å². The molecule has 72 heavy (non-hydrogen) atoms. The van der Waals surface area contributed by atoms with E-state index in [4.69, 9.17) is 30.3 Å². The van der Waals surface area contributed by atoms with Crippen LogP contribution in [0.25, 0.3) is 4.85 Å². The number of anilines is 4. The van der Waals surface area contributed by atoms with Crippen molar-refractivity contribution < 1.29 is 52.5 Å². The highest BCUT2D eigenvalue weighted by Gasteiger charge is 2.46. The zero-order valence-corrected chi connectivity index (χ0v) is 39.4. The molecule has 0 radical (unpaired) electrons. The minimum atomic E-state index is -1.10. The van der Waals surface area contributed by atoms with Crippen LogP contribution in [0.5, 0.6) is 5.75 Å². The van der Waals surface area contributed by atoms with Crippen molar-refractivity contribution >= 4 is 58.5 Å². The van der Waals surface area contributed by atoms with Gasteiger partial charge in [0.25, 0.3) is 11.8 Å². The van der Waals surface area contributed by atoms with E-state index < -0.39 is 29.7 Å². The molecule has 1 saturated heterocycles. The van der Waals surface area contributed by atoms with Crippen molar-refractivity contribution in [1.29, 1.82) is 0 Å². The Morgan fingerprint density at radius 1 is 0.819 bits per heavy atom. The number of hydrogen-bond acceptors (Lipinski definition) is 18. The Balaban J connectivity index is 0.650. The summed E-state index contributed by atoms with van der Waals surface area (Å²) in [6.45, 7) is 10.4. The Kier molecular flexibility index (Phi) is 17.5. The van der Waals surface area contributed by atoms with Crippen molar-refractivity contribution in [2.45, 2.75) is 76.4 Å². The fraction of sp³-hybridized carbons (Fsp3) is 0.429. The van der Waals surface area contributed by atoms with E-state index in [0.717, 1.165) is 29.0 Å². The van der Waals surface area contributed by atoms with Crippen LogP contribution in [0.15, 0.2) is 60.8 Å². The number of fused-ring (bicyclic) bond motifs is 1. The topological polar surface area (TPSA) is 277 Å². The number of H-pyrrole nitrogens is 1. The predicted molar refractivity (Wildman–Crippen MR) is 255 cm³/mol. The molecule has 3 aliphatic rings. The molecule has 8 rings (SSSR count). The molecule has 1 aliphatic carbocycles. The maximum absolute atomic E-state index is 13.5. The average Bonchev–Trinajstić information content (AvgIpc) is 3.85. The van der Waals surface area contributed by atoms with E-state index in [2.05, 4.69) is 51.3 Å². The van der Waals surface area contributed by atoms with E-state index in [1.165, 1.54) is 18.2 Å². The second-order valence-corrected chi connectivity index (χ2v) is 17.1. The number of aryl methyl sites for hydroxylation is 1. The predicted octanol–water partition coefficient (Wildman–Crippen LogP) is 4.29. The number of carbonyl (C=O) groups is 6. The van der Waals surface area contributed by atoms with E-state index >= 15 is 0 Å². The SMILES string of the molecule is [C-]#[N+]Cc1ccc(Nc2nc(Nc3cc(C4CC4)[nH]n3)cc(C(=O)CCc3cn(CCOCCOCCOCCOCCCC(=O)COc4cccc5c4C(=O)N(C4CCC(=O)NC4=O)C5=O)nn3)n2)cc1. The van der Waals surface area contributed by atoms with Gasteiger partial charge in [-0.05, 0) is 62.1 Å². The molecule has 1 unspecified atom stereocenters. The summed E-state index contributed by atoms with van der Waals surface area (Å²) in [6, 6.07) is 14.3. The lowest BCUT2D eigenvalue weighted by atomic mass is 10.0. The van der Waals surface area contributed by atoms with Gasteiger partial charge in [-0.15, -0.1) is 5.10 Å². The first-order chi connectivity index (χ1) is 35.1. The first kappa shape index (κ1) is 50.6. The molecule has 3 aromatic heterocycles. The molecule has 5 aromatic rings. The van der Waals surface area contributed by atoms with Gasteiger partial charge in [-0.3, -0.25) is 44.1 Å². The number of piperidine rings is 1. The summed E-state index contributed by atoms with van der Waals surface area (Å²) < 4.78 is 29.7. The van der Waals surface area contributed by atoms with E-state index in [1.54, 1.807) is 16.9 Å². The van der Waals surface area contributed by atoms with Gasteiger partial charge in [-0.2, -0.15) is 10.1 Å². The molecule has 376 valence electrons. The molecule has 2 aromatic carbocycles. The Morgan fingerprint density at radius 3 is 2.31 bits per heavy atom. The summed E-state index contributed by atoms with van der Waals surface area (Å²) in [7, 11) is 0. The number of Topliss-reactive ketones (excluding diaryl/α,β-unsaturated/α-hetero) is 2. The monoisotopic (exact) mass is 986 g/mol. The fourth-order valence-corrected chi connectivity index (χ4v) is 7.82. The van der Waals surface area contributed by atoms with Gasteiger partial charge in [-0.25, -0.2) is 16.2 Å². The van der Waals surface area contributed by atoms with Gasteiger partial charge >= 0.3 is 0 Å². The molecular weight excluding hydrogens is 933 g/mol. The number of aromatic amines is 1. The number of imide groups is 2. The third-order valence-corrected chi connectivity index (χ3v) is 11.7.